The number of carbonyl (C=O) groups excluding carboxylic acids is 2. The Morgan fingerprint density at radius 2 is 1.94 bits per heavy atom. The first kappa shape index (κ1) is 19.3. The van der Waals surface area contributed by atoms with Crippen LogP contribution in [-0.2, 0) is 11.3 Å². The summed E-state index contributed by atoms with van der Waals surface area (Å²) in [5.41, 5.74) is 4.91. The van der Waals surface area contributed by atoms with Gasteiger partial charge < -0.3 is 20.5 Å². The Kier molecular flexibility index (Phi) is 4.48. The molecule has 0 saturated heterocycles. The molecule has 0 unspecified atom stereocenters. The highest BCUT2D eigenvalue weighted by Crippen LogP contribution is 2.38. The molecule has 0 fully saturated rings. The van der Waals surface area contributed by atoms with Crippen molar-refractivity contribution in [2.24, 2.45) is 0 Å². The fraction of sp³-hybridized carbons (Fsp3) is 0.227. The molecule has 3 aromatic rings. The van der Waals surface area contributed by atoms with Gasteiger partial charge in [-0.25, -0.2) is 4.39 Å². The molecule has 0 aliphatic carbocycles. The van der Waals surface area contributed by atoms with Crippen molar-refractivity contribution in [3.05, 3.63) is 58.4 Å². The highest BCUT2D eigenvalue weighted by atomic mass is 19.1. The van der Waals surface area contributed by atoms with Crippen LogP contribution in [0.15, 0.2) is 24.4 Å². The quantitative estimate of drug-likeness (QED) is 0.448. The molecule has 0 radical (unpaired) electrons. The molecule has 0 saturated carbocycles. The third-order valence-corrected chi connectivity index (χ3v) is 5.67. The zero-order chi connectivity index (χ0) is 21.7. The molecule has 4 heterocycles. The number of amides is 2. The predicted molar refractivity (Wildman–Crippen MR) is 115 cm³/mol. The topological polar surface area (TPSA) is 106 Å². The van der Waals surface area contributed by atoms with Crippen LogP contribution >= 0.6 is 0 Å². The van der Waals surface area contributed by atoms with Crippen molar-refractivity contribution in [1.82, 2.24) is 25.4 Å². The maximum absolute atomic E-state index is 14.9. The highest BCUT2D eigenvalue weighted by molar-refractivity contribution is 6.35. The van der Waals surface area contributed by atoms with Gasteiger partial charge in [0.05, 0.1) is 34.4 Å². The molecule has 5 rings (SSSR count). The first-order chi connectivity index (χ1) is 14.9. The smallest absolute Gasteiger partial charge is 0.256 e. The van der Waals surface area contributed by atoms with Crippen molar-refractivity contribution in [1.29, 1.82) is 0 Å². The molecule has 8 nitrogen and oxygen atoms in total. The normalized spacial score (nSPS) is 17.9. The molecule has 2 aliphatic rings. The van der Waals surface area contributed by atoms with Gasteiger partial charge in [0.1, 0.15) is 5.82 Å². The van der Waals surface area contributed by atoms with Crippen molar-refractivity contribution < 1.29 is 14.0 Å². The second-order valence-electron chi connectivity index (χ2n) is 7.84. The summed E-state index contributed by atoms with van der Waals surface area (Å²) in [5, 5.41) is 13.0. The molecule has 1 aromatic carbocycles. The van der Waals surface area contributed by atoms with Gasteiger partial charge in [-0.2, -0.15) is 5.10 Å². The van der Waals surface area contributed by atoms with Crippen molar-refractivity contribution in [2.45, 2.75) is 13.5 Å². The number of likely N-dealkylation sites (N-methyl/N-ethyl adjacent to an activating group) is 1. The number of halogens is 1. The molecule has 2 aromatic heterocycles. The monoisotopic (exact) mass is 420 g/mol. The average Bonchev–Trinajstić information content (AvgIpc) is 3.41. The minimum Gasteiger partial charge on any atom is -0.358 e. The Morgan fingerprint density at radius 1 is 1.10 bits per heavy atom. The number of benzene rings is 1. The molecule has 2 aliphatic heterocycles. The lowest BCUT2D eigenvalue weighted by Crippen LogP contribution is -2.34. The molecular formula is C22H21FN6O2. The van der Waals surface area contributed by atoms with Gasteiger partial charge in [-0.05, 0) is 31.2 Å². The Hall–Kier alpha value is -3.72. The van der Waals surface area contributed by atoms with E-state index < -0.39 is 5.82 Å². The fourth-order valence-electron chi connectivity index (χ4n) is 4.05. The van der Waals surface area contributed by atoms with E-state index in [1.54, 1.807) is 36.4 Å². The van der Waals surface area contributed by atoms with Gasteiger partial charge in [-0.3, -0.25) is 14.7 Å². The van der Waals surface area contributed by atoms with Crippen molar-refractivity contribution in [2.75, 3.05) is 25.5 Å². The maximum Gasteiger partial charge on any atom is 0.256 e. The summed E-state index contributed by atoms with van der Waals surface area (Å²) in [6.07, 6.45) is 3.24. The number of rotatable bonds is 0. The lowest BCUT2D eigenvalue weighted by atomic mass is 9.98. The van der Waals surface area contributed by atoms with Crippen LogP contribution in [0.4, 0.5) is 10.1 Å². The van der Waals surface area contributed by atoms with Gasteiger partial charge in [0.15, 0.2) is 0 Å². The van der Waals surface area contributed by atoms with Crippen LogP contribution < -0.4 is 10.6 Å². The van der Waals surface area contributed by atoms with Crippen LogP contribution in [0.25, 0.3) is 22.8 Å². The number of fused-ring (bicyclic) bond motifs is 4. The summed E-state index contributed by atoms with van der Waals surface area (Å²) in [6.45, 7) is 3.32. The van der Waals surface area contributed by atoms with Crippen LogP contribution in [0.2, 0.25) is 0 Å². The number of aromatic amines is 2. The van der Waals surface area contributed by atoms with Crippen LogP contribution in [0.1, 0.15) is 33.0 Å². The number of nitrogens with one attached hydrogen (secondary N) is 4. The number of H-pyrrole nitrogens is 2. The number of nitrogens with zero attached hydrogens (tertiary/aromatic N) is 2. The van der Waals surface area contributed by atoms with E-state index >= 15 is 0 Å². The minimum absolute atomic E-state index is 0.145. The summed E-state index contributed by atoms with van der Waals surface area (Å²) in [6, 6.07) is 4.76. The summed E-state index contributed by atoms with van der Waals surface area (Å²) < 4.78 is 14.9. The van der Waals surface area contributed by atoms with Crippen molar-refractivity contribution >= 4 is 29.2 Å². The fourth-order valence-corrected chi connectivity index (χ4v) is 4.05. The number of aryl methyl sites for hydroxylation is 1. The molecule has 0 atom stereocenters. The molecule has 4 N–H and O–H groups in total. The van der Waals surface area contributed by atoms with Gasteiger partial charge in [0.25, 0.3) is 11.8 Å². The summed E-state index contributed by atoms with van der Waals surface area (Å²) >= 11 is 0. The lowest BCUT2D eigenvalue weighted by molar-refractivity contribution is -0.110. The number of hydrogen-bond acceptors (Lipinski definition) is 4. The van der Waals surface area contributed by atoms with E-state index in [9.17, 15) is 14.0 Å². The Bertz CT molecular complexity index is 1250. The Morgan fingerprint density at radius 3 is 2.77 bits per heavy atom. The number of carbonyl (C=O) groups is 2. The van der Waals surface area contributed by atoms with Gasteiger partial charge in [0, 0.05) is 49.1 Å². The first-order valence-corrected chi connectivity index (χ1v) is 9.97. The summed E-state index contributed by atoms with van der Waals surface area (Å²) in [7, 11) is 1.74. The average molecular weight is 420 g/mol. The van der Waals surface area contributed by atoms with Crippen molar-refractivity contribution in [3.8, 4) is 11.1 Å². The van der Waals surface area contributed by atoms with E-state index in [0.717, 1.165) is 11.4 Å². The summed E-state index contributed by atoms with van der Waals surface area (Å²) in [5.74, 6) is -0.934. The van der Waals surface area contributed by atoms with Gasteiger partial charge in [-0.15, -0.1) is 0 Å². The van der Waals surface area contributed by atoms with E-state index in [1.807, 2.05) is 6.92 Å². The van der Waals surface area contributed by atoms with E-state index in [1.165, 1.54) is 6.07 Å². The van der Waals surface area contributed by atoms with E-state index in [0.29, 0.717) is 58.8 Å². The second kappa shape index (κ2) is 7.21. The number of anilines is 1. The van der Waals surface area contributed by atoms with Crippen LogP contribution in [0.5, 0.6) is 0 Å². The first-order valence-electron chi connectivity index (χ1n) is 9.97. The number of hydrogen-bond donors (Lipinski definition) is 4. The van der Waals surface area contributed by atoms with Gasteiger partial charge >= 0.3 is 0 Å². The third-order valence-electron chi connectivity index (χ3n) is 5.67. The van der Waals surface area contributed by atoms with E-state index in [4.69, 9.17) is 0 Å². The minimum atomic E-state index is -0.446. The molecular weight excluding hydrogens is 399 g/mol. The third kappa shape index (κ3) is 3.23. The highest BCUT2D eigenvalue weighted by Gasteiger charge is 2.28. The molecule has 31 heavy (non-hydrogen) atoms. The predicted octanol–water partition coefficient (Wildman–Crippen LogP) is 2.52. The molecule has 0 spiro atoms. The Labute approximate surface area is 177 Å². The molecule has 158 valence electrons. The molecule has 2 bridgehead atoms. The van der Waals surface area contributed by atoms with Gasteiger partial charge in [-0.1, -0.05) is 0 Å². The Balaban J connectivity index is 1.73. The molecule has 9 heteroatoms. The zero-order valence-corrected chi connectivity index (χ0v) is 17.1. The standard InChI is InChI=1S/C22H21FN6O2/c1-11-5-15-18(26-11)7-14-13-6-12(17(23)8-19(13)27-21(14)30)16-9-25-28-20(16)10-24-3-4-29(2)22(15)31/h5-9,24,26H,3-4,10H2,1-2H3,(H,25,28)(H,27,30)/b14-7-. The summed E-state index contributed by atoms with van der Waals surface area (Å²) in [4.78, 5) is 30.6. The van der Waals surface area contributed by atoms with Gasteiger partial charge in [0.2, 0.25) is 0 Å². The number of aromatic nitrogens is 3. The zero-order valence-electron chi connectivity index (χ0n) is 17.1. The lowest BCUT2D eigenvalue weighted by Gasteiger charge is -2.17. The van der Waals surface area contributed by atoms with Crippen molar-refractivity contribution in [3.63, 3.8) is 0 Å². The SMILES string of the molecule is Cc1cc2c([nH]1)/C=C1\C(=O)Nc3cc(F)c(cc31)-c1cn[nH]c1CNCCN(C)C2=O. The maximum atomic E-state index is 14.9. The van der Waals surface area contributed by atoms with Crippen LogP contribution in [0, 0.1) is 12.7 Å². The molecule has 2 amide bonds. The van der Waals surface area contributed by atoms with Crippen LogP contribution in [0.3, 0.4) is 0 Å². The van der Waals surface area contributed by atoms with Crippen LogP contribution in [-0.4, -0.2) is 52.0 Å². The van der Waals surface area contributed by atoms with E-state index in [2.05, 4.69) is 25.8 Å². The largest absolute Gasteiger partial charge is 0.358 e. The van der Waals surface area contributed by atoms with E-state index in [-0.39, 0.29) is 11.8 Å². The second-order valence-corrected chi connectivity index (χ2v) is 7.84.